The highest BCUT2D eigenvalue weighted by Gasteiger charge is 2.10. The normalized spacial score (nSPS) is 10.6. The van der Waals surface area contributed by atoms with Crippen LogP contribution >= 0.6 is 0 Å². The lowest BCUT2D eigenvalue weighted by molar-refractivity contribution is 0.506. The molecule has 0 unspecified atom stereocenters. The number of nitrogens with zero attached hydrogens (tertiary/aromatic N) is 3. The number of nitrogens with one attached hydrogen (secondary N) is 1. The molecule has 1 N–H and O–H groups in total. The largest absolute Gasteiger partial charge is 0.467 e. The zero-order valence-electron chi connectivity index (χ0n) is 13.1. The molecular weight excluding hydrogens is 264 g/mol. The van der Waals surface area contributed by atoms with Gasteiger partial charge in [-0.2, -0.15) is 0 Å². The first-order valence-corrected chi connectivity index (χ1v) is 7.58. The Balaban J connectivity index is 2.17. The summed E-state index contributed by atoms with van der Waals surface area (Å²) in [6.45, 7) is 5.90. The fourth-order valence-electron chi connectivity index (χ4n) is 2.07. The Hall–Kier alpha value is -2.04. The molecule has 0 saturated heterocycles. The summed E-state index contributed by atoms with van der Waals surface area (Å²) in [5, 5.41) is 3.35. The molecule has 0 spiro atoms. The highest BCUT2D eigenvalue weighted by atomic mass is 16.3. The maximum absolute atomic E-state index is 5.40. The van der Waals surface area contributed by atoms with Crippen molar-refractivity contribution >= 4 is 11.6 Å². The number of aryl methyl sites for hydroxylation is 1. The Labute approximate surface area is 126 Å². The second-order valence-corrected chi connectivity index (χ2v) is 5.14. The fraction of sp³-hybridized carbons (Fsp3) is 0.500. The van der Waals surface area contributed by atoms with Gasteiger partial charge in [0.15, 0.2) is 0 Å². The molecule has 21 heavy (non-hydrogen) atoms. The Bertz CT molecular complexity index is 539. The number of furan rings is 1. The van der Waals surface area contributed by atoms with Crippen molar-refractivity contribution in [2.45, 2.75) is 39.7 Å². The number of rotatable bonds is 8. The molecule has 0 radical (unpaired) electrons. The molecular formula is C16H24N4O. The van der Waals surface area contributed by atoms with E-state index in [9.17, 15) is 0 Å². The van der Waals surface area contributed by atoms with Gasteiger partial charge in [-0.25, -0.2) is 9.97 Å². The second-order valence-electron chi connectivity index (χ2n) is 5.14. The summed E-state index contributed by atoms with van der Waals surface area (Å²) in [5.74, 6) is 3.64. The van der Waals surface area contributed by atoms with E-state index in [4.69, 9.17) is 4.42 Å². The van der Waals surface area contributed by atoms with Gasteiger partial charge in [0, 0.05) is 26.1 Å². The summed E-state index contributed by atoms with van der Waals surface area (Å²) in [5.41, 5.74) is 0. The van der Waals surface area contributed by atoms with Gasteiger partial charge in [-0.05, 0) is 25.0 Å². The number of hydrogen-bond donors (Lipinski definition) is 1. The van der Waals surface area contributed by atoms with Crippen LogP contribution in [0, 0.1) is 0 Å². The van der Waals surface area contributed by atoms with Crippen LogP contribution in [0.15, 0.2) is 28.9 Å². The molecule has 2 aromatic heterocycles. The van der Waals surface area contributed by atoms with E-state index in [1.54, 1.807) is 6.26 Å². The molecule has 0 saturated carbocycles. The molecule has 2 heterocycles. The third-order valence-corrected chi connectivity index (χ3v) is 3.15. The molecule has 2 aromatic rings. The molecule has 5 heteroatoms. The van der Waals surface area contributed by atoms with Crippen LogP contribution in [0.25, 0.3) is 0 Å². The highest BCUT2D eigenvalue weighted by molar-refractivity contribution is 5.49. The van der Waals surface area contributed by atoms with Crippen LogP contribution in [-0.2, 0) is 13.0 Å². The van der Waals surface area contributed by atoms with Crippen LogP contribution < -0.4 is 10.2 Å². The van der Waals surface area contributed by atoms with Crippen molar-refractivity contribution in [3.8, 4) is 0 Å². The van der Waals surface area contributed by atoms with E-state index in [-0.39, 0.29) is 0 Å². The summed E-state index contributed by atoms with van der Waals surface area (Å²) in [7, 11) is 2.02. The lowest BCUT2D eigenvalue weighted by atomic mass is 10.3. The predicted octanol–water partition coefficient (Wildman–Crippen LogP) is 3.48. The van der Waals surface area contributed by atoms with Gasteiger partial charge in [0.25, 0.3) is 0 Å². The lowest BCUT2D eigenvalue weighted by Gasteiger charge is -2.18. The third-order valence-electron chi connectivity index (χ3n) is 3.15. The summed E-state index contributed by atoms with van der Waals surface area (Å²) in [6, 6.07) is 5.87. The average Bonchev–Trinajstić information content (AvgIpc) is 2.98. The maximum Gasteiger partial charge on any atom is 0.134 e. The van der Waals surface area contributed by atoms with Crippen LogP contribution in [-0.4, -0.2) is 23.6 Å². The Morgan fingerprint density at radius 1 is 1.24 bits per heavy atom. The summed E-state index contributed by atoms with van der Waals surface area (Å²) in [4.78, 5) is 11.3. The molecule has 0 aliphatic rings. The van der Waals surface area contributed by atoms with E-state index in [1.165, 1.54) is 0 Å². The molecule has 114 valence electrons. The van der Waals surface area contributed by atoms with Crippen LogP contribution in [0.3, 0.4) is 0 Å². The molecule has 0 aliphatic heterocycles. The Morgan fingerprint density at radius 2 is 2.10 bits per heavy atom. The van der Waals surface area contributed by atoms with Crippen LogP contribution in [0.2, 0.25) is 0 Å². The average molecular weight is 288 g/mol. The smallest absolute Gasteiger partial charge is 0.134 e. The van der Waals surface area contributed by atoms with Crippen molar-refractivity contribution in [3.63, 3.8) is 0 Å². The van der Waals surface area contributed by atoms with E-state index >= 15 is 0 Å². The summed E-state index contributed by atoms with van der Waals surface area (Å²) in [6.07, 6.45) is 4.70. The van der Waals surface area contributed by atoms with E-state index in [2.05, 4.69) is 34.0 Å². The van der Waals surface area contributed by atoms with Crippen molar-refractivity contribution in [2.75, 3.05) is 23.8 Å². The van der Waals surface area contributed by atoms with E-state index in [0.29, 0.717) is 6.54 Å². The predicted molar refractivity (Wildman–Crippen MR) is 85.6 cm³/mol. The van der Waals surface area contributed by atoms with Gasteiger partial charge in [0.2, 0.25) is 0 Å². The van der Waals surface area contributed by atoms with Crippen molar-refractivity contribution in [2.24, 2.45) is 0 Å². The number of aromatic nitrogens is 2. The number of anilines is 2. The first-order chi connectivity index (χ1) is 10.2. The van der Waals surface area contributed by atoms with Crippen molar-refractivity contribution < 1.29 is 4.42 Å². The van der Waals surface area contributed by atoms with Crippen molar-refractivity contribution in [1.29, 1.82) is 0 Å². The van der Waals surface area contributed by atoms with Gasteiger partial charge in [0.05, 0.1) is 12.8 Å². The van der Waals surface area contributed by atoms with Crippen LogP contribution in [0.1, 0.15) is 38.3 Å². The van der Waals surface area contributed by atoms with Gasteiger partial charge in [0.1, 0.15) is 23.2 Å². The SMILES string of the molecule is CCCNc1cc(N(C)Cc2ccco2)nc(CCC)n1. The molecule has 0 bridgehead atoms. The fourth-order valence-corrected chi connectivity index (χ4v) is 2.07. The first-order valence-electron chi connectivity index (χ1n) is 7.58. The van der Waals surface area contributed by atoms with Gasteiger partial charge >= 0.3 is 0 Å². The zero-order chi connectivity index (χ0) is 15.1. The molecule has 0 aliphatic carbocycles. The van der Waals surface area contributed by atoms with Crippen molar-refractivity contribution in [3.05, 3.63) is 36.0 Å². The summed E-state index contributed by atoms with van der Waals surface area (Å²) >= 11 is 0. The lowest BCUT2D eigenvalue weighted by Crippen LogP contribution is -2.19. The van der Waals surface area contributed by atoms with Crippen LogP contribution in [0.5, 0.6) is 0 Å². The van der Waals surface area contributed by atoms with Gasteiger partial charge in [-0.3, -0.25) is 0 Å². The first kappa shape index (κ1) is 15.4. The second kappa shape index (κ2) is 7.67. The maximum atomic E-state index is 5.40. The zero-order valence-corrected chi connectivity index (χ0v) is 13.1. The highest BCUT2D eigenvalue weighted by Crippen LogP contribution is 2.18. The van der Waals surface area contributed by atoms with E-state index in [1.807, 2.05) is 25.2 Å². The third kappa shape index (κ3) is 4.48. The van der Waals surface area contributed by atoms with E-state index < -0.39 is 0 Å². The van der Waals surface area contributed by atoms with Gasteiger partial charge in [-0.15, -0.1) is 0 Å². The quantitative estimate of drug-likeness (QED) is 0.806. The Kier molecular flexibility index (Phi) is 5.60. The topological polar surface area (TPSA) is 54.2 Å². The minimum atomic E-state index is 0.697. The number of hydrogen-bond acceptors (Lipinski definition) is 5. The Morgan fingerprint density at radius 3 is 2.76 bits per heavy atom. The molecule has 0 fully saturated rings. The summed E-state index contributed by atoms with van der Waals surface area (Å²) < 4.78 is 5.40. The molecule has 0 aromatic carbocycles. The monoisotopic (exact) mass is 288 g/mol. The minimum Gasteiger partial charge on any atom is -0.467 e. The van der Waals surface area contributed by atoms with Gasteiger partial charge < -0.3 is 14.6 Å². The molecule has 0 atom stereocenters. The van der Waals surface area contributed by atoms with E-state index in [0.717, 1.165) is 49.0 Å². The van der Waals surface area contributed by atoms with Crippen LogP contribution in [0.4, 0.5) is 11.6 Å². The standard InChI is InChI=1S/C16H24N4O/c1-4-7-14-18-15(17-9-5-2)11-16(19-14)20(3)12-13-8-6-10-21-13/h6,8,10-11H,4-5,7,9,12H2,1-3H3,(H,17,18,19). The molecule has 5 nitrogen and oxygen atoms in total. The molecule has 2 rings (SSSR count). The minimum absolute atomic E-state index is 0.697. The molecule has 0 amide bonds. The van der Waals surface area contributed by atoms with Crippen molar-refractivity contribution in [1.82, 2.24) is 9.97 Å². The van der Waals surface area contributed by atoms with Gasteiger partial charge in [-0.1, -0.05) is 13.8 Å².